The molecule has 0 unspecified atom stereocenters. The molecule has 0 radical (unpaired) electrons. The van der Waals surface area contributed by atoms with Gasteiger partial charge in [0.25, 0.3) is 0 Å². The van der Waals surface area contributed by atoms with Crippen molar-refractivity contribution < 1.29 is 4.74 Å². The van der Waals surface area contributed by atoms with Crippen LogP contribution in [-0.4, -0.2) is 17.1 Å². The van der Waals surface area contributed by atoms with Gasteiger partial charge in [0.1, 0.15) is 5.75 Å². The largest absolute Gasteiger partial charge is 0.494 e. The summed E-state index contributed by atoms with van der Waals surface area (Å²) in [5.41, 5.74) is 4.37. The van der Waals surface area contributed by atoms with Crippen molar-refractivity contribution in [3.05, 3.63) is 59.5 Å². The lowest BCUT2D eigenvalue weighted by molar-refractivity contribution is 0.412. The zero-order chi connectivity index (χ0) is 16.8. The molecule has 0 fully saturated rings. The third kappa shape index (κ3) is 2.65. The number of fused-ring (bicyclic) bond motifs is 1. The standard InChI is InChI=1S/C18H16BrN3OS/c1-9-4-10(2)20-11(9)5-14-16(23-3)6-12(21-14)13-7-17-15(22-13)8-18(19)24-17/h4-8,20-21H,1-3H3/b13-12-,14-5-. The van der Waals surface area contributed by atoms with Gasteiger partial charge in [-0.3, -0.25) is 0 Å². The Labute approximate surface area is 151 Å². The first kappa shape index (κ1) is 15.5. The molecule has 2 N–H and O–H groups in total. The summed E-state index contributed by atoms with van der Waals surface area (Å²) in [5, 5.41) is 2.90. The number of aromatic amines is 2. The summed E-state index contributed by atoms with van der Waals surface area (Å²) in [6.07, 6.45) is 4.18. The molecule has 0 spiro atoms. The summed E-state index contributed by atoms with van der Waals surface area (Å²) in [6, 6.07) is 6.17. The monoisotopic (exact) mass is 401 g/mol. The van der Waals surface area contributed by atoms with Crippen molar-refractivity contribution in [3.63, 3.8) is 0 Å². The third-order valence-electron chi connectivity index (χ3n) is 4.00. The van der Waals surface area contributed by atoms with Gasteiger partial charge in [-0.1, -0.05) is 0 Å². The fourth-order valence-electron chi connectivity index (χ4n) is 2.89. The van der Waals surface area contributed by atoms with Crippen molar-refractivity contribution in [1.82, 2.24) is 9.97 Å². The first-order chi connectivity index (χ1) is 11.5. The number of aromatic nitrogens is 2. The Bertz CT molecular complexity index is 1140. The van der Waals surface area contributed by atoms with Crippen LogP contribution >= 0.6 is 27.3 Å². The highest BCUT2D eigenvalue weighted by atomic mass is 79.9. The van der Waals surface area contributed by atoms with Crippen molar-refractivity contribution in [1.29, 1.82) is 0 Å². The molecule has 0 bridgehead atoms. The number of halogens is 1. The molecule has 0 aromatic carbocycles. The van der Waals surface area contributed by atoms with Crippen molar-refractivity contribution in [2.75, 3.05) is 7.11 Å². The van der Waals surface area contributed by atoms with Gasteiger partial charge in [0.05, 0.1) is 37.2 Å². The summed E-state index contributed by atoms with van der Waals surface area (Å²) in [6.45, 7) is 4.15. The highest BCUT2D eigenvalue weighted by molar-refractivity contribution is 9.11. The van der Waals surface area contributed by atoms with Gasteiger partial charge in [0.2, 0.25) is 0 Å². The van der Waals surface area contributed by atoms with Crippen molar-refractivity contribution in [2.45, 2.75) is 13.8 Å². The number of hydrogen-bond donors (Lipinski definition) is 2. The maximum Gasteiger partial charge on any atom is 0.144 e. The Balaban J connectivity index is 1.90. The summed E-state index contributed by atoms with van der Waals surface area (Å²) >= 11 is 5.19. The van der Waals surface area contributed by atoms with Crippen LogP contribution in [0.3, 0.4) is 0 Å². The molecule has 1 aliphatic heterocycles. The van der Waals surface area contributed by atoms with Crippen LogP contribution in [0.5, 0.6) is 5.75 Å². The predicted molar refractivity (Wildman–Crippen MR) is 101 cm³/mol. The molecule has 0 saturated carbocycles. The van der Waals surface area contributed by atoms with Gasteiger partial charge in [0.15, 0.2) is 0 Å². The molecule has 4 heterocycles. The smallest absolute Gasteiger partial charge is 0.144 e. The summed E-state index contributed by atoms with van der Waals surface area (Å²) in [5.74, 6) is 0.809. The first-order valence-corrected chi connectivity index (χ1v) is 9.15. The number of nitrogens with one attached hydrogen (secondary N) is 2. The fourth-order valence-corrected chi connectivity index (χ4v) is 4.39. The Hall–Kier alpha value is -2.05. The van der Waals surface area contributed by atoms with Crippen LogP contribution in [-0.2, 0) is 0 Å². The normalized spacial score (nSPS) is 16.1. The summed E-state index contributed by atoms with van der Waals surface area (Å²) < 4.78 is 7.80. The van der Waals surface area contributed by atoms with E-state index >= 15 is 0 Å². The van der Waals surface area contributed by atoms with E-state index in [-0.39, 0.29) is 0 Å². The average Bonchev–Trinajstić information content (AvgIpc) is 3.23. The number of hydrogen-bond acceptors (Lipinski definition) is 3. The predicted octanol–water partition coefficient (Wildman–Crippen LogP) is 1.84. The molecule has 0 saturated heterocycles. The molecule has 4 rings (SSSR count). The van der Waals surface area contributed by atoms with Crippen LogP contribution in [0.15, 0.2) is 27.0 Å². The van der Waals surface area contributed by atoms with E-state index in [1.807, 2.05) is 12.1 Å². The number of thiophene rings is 1. The molecule has 6 heteroatoms. The second-order valence-electron chi connectivity index (χ2n) is 5.80. The van der Waals surface area contributed by atoms with Crippen molar-refractivity contribution >= 4 is 45.1 Å². The van der Waals surface area contributed by atoms with Gasteiger partial charge in [-0.15, -0.1) is 11.3 Å². The quantitative estimate of drug-likeness (QED) is 0.676. The molecule has 0 amide bonds. The van der Waals surface area contributed by atoms with E-state index in [9.17, 15) is 0 Å². The minimum Gasteiger partial charge on any atom is -0.494 e. The zero-order valence-electron chi connectivity index (χ0n) is 13.5. The maximum atomic E-state index is 5.53. The molecule has 0 atom stereocenters. The lowest BCUT2D eigenvalue weighted by Crippen LogP contribution is -2.12. The van der Waals surface area contributed by atoms with Gasteiger partial charge >= 0.3 is 0 Å². The average molecular weight is 402 g/mol. The van der Waals surface area contributed by atoms with E-state index in [0.29, 0.717) is 0 Å². The molecule has 1 aliphatic rings. The van der Waals surface area contributed by atoms with E-state index < -0.39 is 0 Å². The van der Waals surface area contributed by atoms with Crippen molar-refractivity contribution in [3.8, 4) is 5.75 Å². The topological polar surface area (TPSA) is 53.2 Å². The molecule has 4 nitrogen and oxygen atoms in total. The zero-order valence-corrected chi connectivity index (χ0v) is 15.9. The number of nitrogens with zero attached hydrogens (tertiary/aromatic N) is 1. The minimum absolute atomic E-state index is 0.809. The highest BCUT2D eigenvalue weighted by Crippen LogP contribution is 2.13. The fraction of sp³-hybridized carbons (Fsp3) is 0.167. The van der Waals surface area contributed by atoms with Gasteiger partial charge in [-0.25, -0.2) is 4.99 Å². The Kier molecular flexibility index (Phi) is 3.73. The molecule has 122 valence electrons. The van der Waals surface area contributed by atoms with Crippen LogP contribution in [0.4, 0.5) is 0 Å². The first-order valence-electron chi connectivity index (χ1n) is 7.54. The number of rotatable bonds is 2. The van der Waals surface area contributed by atoms with Crippen LogP contribution in [0.25, 0.3) is 17.8 Å². The van der Waals surface area contributed by atoms with E-state index in [0.717, 1.165) is 42.7 Å². The molecule has 3 aromatic rings. The number of ether oxygens (including phenoxy) is 1. The maximum absolute atomic E-state index is 5.53. The van der Waals surface area contributed by atoms with Gasteiger partial charge in [-0.2, -0.15) is 0 Å². The summed E-state index contributed by atoms with van der Waals surface area (Å²) in [4.78, 5) is 11.5. The lowest BCUT2D eigenvalue weighted by atomic mass is 10.2. The lowest BCUT2D eigenvalue weighted by Gasteiger charge is -1.94. The van der Waals surface area contributed by atoms with E-state index in [1.165, 1.54) is 10.1 Å². The summed E-state index contributed by atoms with van der Waals surface area (Å²) in [7, 11) is 1.69. The second-order valence-corrected chi connectivity index (χ2v) is 8.26. The van der Waals surface area contributed by atoms with Crippen LogP contribution in [0.2, 0.25) is 0 Å². The Morgan fingerprint density at radius 1 is 1.21 bits per heavy atom. The molecular weight excluding hydrogens is 386 g/mol. The van der Waals surface area contributed by atoms with Gasteiger partial charge < -0.3 is 14.7 Å². The number of aryl methyl sites for hydroxylation is 2. The molecule has 24 heavy (non-hydrogen) atoms. The SMILES string of the molecule is COc1c/c(=C2\C=c3sc(Br)cc3=N2)[nH]/c1=C\c1[nH]c(C)cc1C. The van der Waals surface area contributed by atoms with Crippen LogP contribution in [0, 0.1) is 13.8 Å². The van der Waals surface area contributed by atoms with Crippen molar-refractivity contribution in [2.24, 2.45) is 4.99 Å². The Morgan fingerprint density at radius 3 is 2.71 bits per heavy atom. The van der Waals surface area contributed by atoms with Gasteiger partial charge in [0, 0.05) is 17.5 Å². The van der Waals surface area contributed by atoms with Crippen LogP contribution < -0.4 is 25.3 Å². The molecule has 3 aromatic heterocycles. The van der Waals surface area contributed by atoms with Crippen LogP contribution in [0.1, 0.15) is 17.0 Å². The second kappa shape index (κ2) is 5.79. The van der Waals surface area contributed by atoms with Gasteiger partial charge in [-0.05, 0) is 59.6 Å². The van der Waals surface area contributed by atoms with E-state index in [4.69, 9.17) is 9.73 Å². The third-order valence-corrected chi connectivity index (χ3v) is 5.58. The number of methoxy groups -OCH3 is 1. The number of H-pyrrole nitrogens is 2. The Morgan fingerprint density at radius 2 is 2.04 bits per heavy atom. The van der Waals surface area contributed by atoms with E-state index in [2.05, 4.69) is 58.0 Å². The minimum atomic E-state index is 0.809. The molecular formula is C18H16BrN3OS. The molecule has 0 aliphatic carbocycles. The van der Waals surface area contributed by atoms with E-state index in [1.54, 1.807) is 18.4 Å². The highest BCUT2D eigenvalue weighted by Gasteiger charge is 2.08.